The van der Waals surface area contributed by atoms with Gasteiger partial charge in [0.15, 0.2) is 0 Å². The third-order valence-electron chi connectivity index (χ3n) is 1.47. The molecule has 0 saturated heterocycles. The molecule has 3 N–H and O–H groups in total. The summed E-state index contributed by atoms with van der Waals surface area (Å²) < 4.78 is 0. The molecule has 1 rings (SSSR count). The van der Waals surface area contributed by atoms with Gasteiger partial charge in [0.1, 0.15) is 6.61 Å². The SMILES string of the molecule is CCc1nc(CNOCC(N)=O)cs1. The van der Waals surface area contributed by atoms with E-state index in [-0.39, 0.29) is 6.61 Å². The molecule has 1 aromatic rings. The first-order valence-electron chi connectivity index (χ1n) is 4.28. The van der Waals surface area contributed by atoms with Crippen LogP contribution in [-0.4, -0.2) is 17.5 Å². The second kappa shape index (κ2) is 5.69. The molecular formula is C8H13N3O2S. The third kappa shape index (κ3) is 3.82. The fourth-order valence-corrected chi connectivity index (χ4v) is 1.58. The lowest BCUT2D eigenvalue weighted by Gasteiger charge is -2.00. The van der Waals surface area contributed by atoms with Crippen LogP contribution < -0.4 is 11.2 Å². The Labute approximate surface area is 86.2 Å². The van der Waals surface area contributed by atoms with Gasteiger partial charge in [-0.15, -0.1) is 11.3 Å². The van der Waals surface area contributed by atoms with Gasteiger partial charge in [0.25, 0.3) is 0 Å². The van der Waals surface area contributed by atoms with Crippen molar-refractivity contribution in [3.63, 3.8) is 0 Å². The molecule has 1 amide bonds. The Morgan fingerprint density at radius 2 is 2.57 bits per heavy atom. The van der Waals surface area contributed by atoms with Gasteiger partial charge in [-0.05, 0) is 6.42 Å². The number of hydrogen-bond donors (Lipinski definition) is 2. The number of carbonyl (C=O) groups excluding carboxylic acids is 1. The number of rotatable bonds is 6. The molecule has 0 aromatic carbocycles. The summed E-state index contributed by atoms with van der Waals surface area (Å²) in [6.07, 6.45) is 0.937. The highest BCUT2D eigenvalue weighted by atomic mass is 32.1. The number of hydroxylamine groups is 1. The zero-order valence-electron chi connectivity index (χ0n) is 7.95. The van der Waals surface area contributed by atoms with Crippen molar-refractivity contribution in [2.24, 2.45) is 5.73 Å². The second-order valence-corrected chi connectivity index (χ2v) is 3.60. The number of nitrogens with zero attached hydrogens (tertiary/aromatic N) is 1. The minimum atomic E-state index is -0.495. The van der Waals surface area contributed by atoms with Crippen LogP contribution in [0.15, 0.2) is 5.38 Å². The number of thiazole rings is 1. The molecule has 0 saturated carbocycles. The molecule has 0 bridgehead atoms. The van der Waals surface area contributed by atoms with Gasteiger partial charge < -0.3 is 5.73 Å². The maximum Gasteiger partial charge on any atom is 0.245 e. The van der Waals surface area contributed by atoms with E-state index in [9.17, 15) is 4.79 Å². The van der Waals surface area contributed by atoms with E-state index in [4.69, 9.17) is 10.6 Å². The van der Waals surface area contributed by atoms with Crippen molar-refractivity contribution >= 4 is 17.2 Å². The van der Waals surface area contributed by atoms with E-state index in [0.29, 0.717) is 6.54 Å². The lowest BCUT2D eigenvalue weighted by molar-refractivity contribution is -0.125. The zero-order chi connectivity index (χ0) is 10.4. The molecular weight excluding hydrogens is 202 g/mol. The van der Waals surface area contributed by atoms with Gasteiger partial charge in [0, 0.05) is 5.38 Å². The Hall–Kier alpha value is -0.980. The van der Waals surface area contributed by atoms with E-state index in [1.54, 1.807) is 11.3 Å². The van der Waals surface area contributed by atoms with E-state index >= 15 is 0 Å². The van der Waals surface area contributed by atoms with Gasteiger partial charge in [-0.25, -0.2) is 4.98 Å². The first-order chi connectivity index (χ1) is 6.72. The molecule has 0 atom stereocenters. The molecule has 0 unspecified atom stereocenters. The Bertz CT molecular complexity index is 301. The van der Waals surface area contributed by atoms with Crippen LogP contribution in [0.25, 0.3) is 0 Å². The van der Waals surface area contributed by atoms with Gasteiger partial charge >= 0.3 is 0 Å². The number of nitrogens with one attached hydrogen (secondary N) is 1. The average molecular weight is 215 g/mol. The zero-order valence-corrected chi connectivity index (χ0v) is 8.76. The van der Waals surface area contributed by atoms with Crippen LogP contribution in [0, 0.1) is 0 Å². The largest absolute Gasteiger partial charge is 0.368 e. The highest BCUT2D eigenvalue weighted by Crippen LogP contribution is 2.09. The van der Waals surface area contributed by atoms with E-state index in [2.05, 4.69) is 17.4 Å². The van der Waals surface area contributed by atoms with Crippen molar-refractivity contribution in [1.82, 2.24) is 10.5 Å². The Kier molecular flexibility index (Phi) is 4.51. The van der Waals surface area contributed by atoms with Gasteiger partial charge in [0.2, 0.25) is 5.91 Å². The molecule has 14 heavy (non-hydrogen) atoms. The number of nitrogens with two attached hydrogens (primary N) is 1. The number of primary amides is 1. The van der Waals surface area contributed by atoms with Gasteiger partial charge in [-0.3, -0.25) is 9.63 Å². The number of amides is 1. The molecule has 1 heterocycles. The normalized spacial score (nSPS) is 10.4. The highest BCUT2D eigenvalue weighted by molar-refractivity contribution is 7.09. The molecule has 0 radical (unpaired) electrons. The first-order valence-corrected chi connectivity index (χ1v) is 5.16. The molecule has 6 heteroatoms. The lowest BCUT2D eigenvalue weighted by atomic mass is 10.5. The topological polar surface area (TPSA) is 77.2 Å². The molecule has 0 spiro atoms. The number of carbonyl (C=O) groups is 1. The number of aromatic nitrogens is 1. The van der Waals surface area contributed by atoms with E-state index in [0.717, 1.165) is 17.1 Å². The lowest BCUT2D eigenvalue weighted by Crippen LogP contribution is -2.24. The number of hydrogen-bond acceptors (Lipinski definition) is 5. The van der Waals surface area contributed by atoms with E-state index in [1.165, 1.54) is 0 Å². The molecule has 0 aliphatic rings. The summed E-state index contributed by atoms with van der Waals surface area (Å²) in [6, 6.07) is 0. The van der Waals surface area contributed by atoms with Crippen LogP contribution in [0.4, 0.5) is 0 Å². The van der Waals surface area contributed by atoms with E-state index in [1.807, 2.05) is 5.38 Å². The predicted octanol–water partition coefficient (Wildman–Crippen LogP) is 0.212. The quantitative estimate of drug-likeness (QED) is 0.525. The monoisotopic (exact) mass is 215 g/mol. The van der Waals surface area contributed by atoms with Crippen molar-refractivity contribution < 1.29 is 9.63 Å². The minimum absolute atomic E-state index is 0.120. The Morgan fingerprint density at radius 1 is 1.79 bits per heavy atom. The summed E-state index contributed by atoms with van der Waals surface area (Å²) in [7, 11) is 0. The summed E-state index contributed by atoms with van der Waals surface area (Å²) in [4.78, 5) is 19.4. The summed E-state index contributed by atoms with van der Waals surface area (Å²) in [5, 5.41) is 3.05. The van der Waals surface area contributed by atoms with Crippen LogP contribution in [0.1, 0.15) is 17.6 Å². The molecule has 5 nitrogen and oxygen atoms in total. The van der Waals surface area contributed by atoms with Crippen molar-refractivity contribution in [2.45, 2.75) is 19.9 Å². The molecule has 0 fully saturated rings. The summed E-state index contributed by atoms with van der Waals surface area (Å²) in [5.41, 5.74) is 8.41. The van der Waals surface area contributed by atoms with E-state index < -0.39 is 5.91 Å². The average Bonchev–Trinajstić information content (AvgIpc) is 2.60. The van der Waals surface area contributed by atoms with Crippen molar-refractivity contribution in [1.29, 1.82) is 0 Å². The maximum absolute atomic E-state index is 10.3. The molecule has 78 valence electrons. The smallest absolute Gasteiger partial charge is 0.245 e. The molecule has 0 aliphatic heterocycles. The maximum atomic E-state index is 10.3. The first kappa shape index (κ1) is 11.1. The Balaban J connectivity index is 2.21. The molecule has 1 aromatic heterocycles. The Morgan fingerprint density at radius 3 is 3.14 bits per heavy atom. The third-order valence-corrected chi connectivity index (χ3v) is 2.51. The van der Waals surface area contributed by atoms with Crippen LogP contribution in [0.3, 0.4) is 0 Å². The number of aryl methyl sites for hydroxylation is 1. The second-order valence-electron chi connectivity index (χ2n) is 2.66. The standard InChI is InChI=1S/C8H13N3O2S/c1-2-8-11-6(5-14-8)3-10-13-4-7(9)12/h5,10H,2-4H2,1H3,(H2,9,12). The fraction of sp³-hybridized carbons (Fsp3) is 0.500. The van der Waals surface area contributed by atoms with Crippen LogP contribution in [0.2, 0.25) is 0 Å². The summed E-state index contributed by atoms with van der Waals surface area (Å²) >= 11 is 1.62. The minimum Gasteiger partial charge on any atom is -0.368 e. The summed E-state index contributed by atoms with van der Waals surface area (Å²) in [5.74, 6) is -0.495. The fourth-order valence-electron chi connectivity index (χ4n) is 0.840. The van der Waals surface area contributed by atoms with Gasteiger partial charge in [-0.2, -0.15) is 5.48 Å². The summed E-state index contributed by atoms with van der Waals surface area (Å²) in [6.45, 7) is 2.42. The van der Waals surface area contributed by atoms with Gasteiger partial charge in [-0.1, -0.05) is 6.92 Å². The van der Waals surface area contributed by atoms with Gasteiger partial charge in [0.05, 0.1) is 17.2 Å². The van der Waals surface area contributed by atoms with Crippen LogP contribution >= 0.6 is 11.3 Å². The predicted molar refractivity (Wildman–Crippen MR) is 53.5 cm³/mol. The van der Waals surface area contributed by atoms with Crippen molar-refractivity contribution in [3.05, 3.63) is 16.1 Å². The highest BCUT2D eigenvalue weighted by Gasteiger charge is 2.00. The van der Waals surface area contributed by atoms with Crippen LogP contribution in [-0.2, 0) is 22.6 Å². The van der Waals surface area contributed by atoms with Crippen molar-refractivity contribution in [2.75, 3.05) is 6.61 Å². The van der Waals surface area contributed by atoms with Crippen molar-refractivity contribution in [3.8, 4) is 0 Å². The van der Waals surface area contributed by atoms with Crippen LogP contribution in [0.5, 0.6) is 0 Å². The molecule has 0 aliphatic carbocycles.